The molecular formula is C20H26F2IN3O3. The third-order valence-corrected chi connectivity index (χ3v) is 3.75. The number of para-hydroxylation sites is 1. The topological polar surface area (TPSA) is 64.1 Å². The summed E-state index contributed by atoms with van der Waals surface area (Å²) in [7, 11) is 3.06. The van der Waals surface area contributed by atoms with Crippen LogP contribution in [0.4, 0.5) is 8.78 Å². The van der Waals surface area contributed by atoms with Crippen LogP contribution in [0.25, 0.3) is 0 Å². The lowest BCUT2D eigenvalue weighted by atomic mass is 10.2. The van der Waals surface area contributed by atoms with Crippen molar-refractivity contribution in [2.24, 2.45) is 4.99 Å². The highest BCUT2D eigenvalue weighted by atomic mass is 127. The maximum Gasteiger partial charge on any atom is 0.387 e. The first-order valence-electron chi connectivity index (χ1n) is 8.86. The van der Waals surface area contributed by atoms with Crippen molar-refractivity contribution < 1.29 is 23.0 Å². The Morgan fingerprint density at radius 3 is 2.48 bits per heavy atom. The molecule has 0 aliphatic rings. The summed E-state index contributed by atoms with van der Waals surface area (Å²) < 4.78 is 40.2. The van der Waals surface area contributed by atoms with Crippen molar-refractivity contribution in [1.82, 2.24) is 10.6 Å². The summed E-state index contributed by atoms with van der Waals surface area (Å²) >= 11 is 0. The Hall–Kier alpha value is -2.30. The Labute approximate surface area is 186 Å². The number of rotatable bonds is 10. The number of guanidine groups is 1. The van der Waals surface area contributed by atoms with Gasteiger partial charge in [-0.2, -0.15) is 8.78 Å². The summed E-state index contributed by atoms with van der Waals surface area (Å²) in [5, 5.41) is 6.30. The van der Waals surface area contributed by atoms with E-state index < -0.39 is 6.61 Å². The summed E-state index contributed by atoms with van der Waals surface area (Å²) in [5.74, 6) is 1.70. The minimum atomic E-state index is -2.91. The molecule has 0 radical (unpaired) electrons. The molecule has 160 valence electrons. The summed E-state index contributed by atoms with van der Waals surface area (Å²) in [5.41, 5.74) is 0.756. The molecule has 0 aliphatic carbocycles. The van der Waals surface area contributed by atoms with Crippen molar-refractivity contribution in [2.75, 3.05) is 27.3 Å². The highest BCUT2D eigenvalue weighted by molar-refractivity contribution is 14.0. The molecule has 0 spiro atoms. The number of benzene rings is 2. The van der Waals surface area contributed by atoms with Crippen LogP contribution in [0.15, 0.2) is 53.5 Å². The second-order valence-electron chi connectivity index (χ2n) is 5.73. The Morgan fingerprint density at radius 2 is 1.83 bits per heavy atom. The summed E-state index contributed by atoms with van der Waals surface area (Å²) in [4.78, 5) is 4.14. The molecule has 0 heterocycles. The van der Waals surface area contributed by atoms with Crippen LogP contribution in [0.5, 0.6) is 17.2 Å². The number of methoxy groups -OCH3 is 1. The molecule has 0 atom stereocenters. The number of nitrogens with zero attached hydrogens (tertiary/aromatic N) is 1. The first-order valence-corrected chi connectivity index (χ1v) is 8.86. The molecule has 2 rings (SSSR count). The first-order chi connectivity index (χ1) is 13.6. The number of ether oxygens (including phenoxy) is 3. The van der Waals surface area contributed by atoms with E-state index in [-0.39, 0.29) is 35.5 Å². The minimum Gasteiger partial charge on any atom is -0.494 e. The van der Waals surface area contributed by atoms with Gasteiger partial charge in [0.2, 0.25) is 0 Å². The van der Waals surface area contributed by atoms with Gasteiger partial charge in [-0.1, -0.05) is 24.3 Å². The fourth-order valence-corrected chi connectivity index (χ4v) is 2.41. The Balaban J connectivity index is 0.00000420. The van der Waals surface area contributed by atoms with E-state index in [0.717, 1.165) is 17.7 Å². The smallest absolute Gasteiger partial charge is 0.387 e. The van der Waals surface area contributed by atoms with E-state index in [1.54, 1.807) is 19.2 Å². The van der Waals surface area contributed by atoms with Crippen molar-refractivity contribution in [1.29, 1.82) is 0 Å². The van der Waals surface area contributed by atoms with Gasteiger partial charge in [-0.3, -0.25) is 4.99 Å². The van der Waals surface area contributed by atoms with Crippen LogP contribution in [0, 0.1) is 0 Å². The van der Waals surface area contributed by atoms with E-state index in [1.165, 1.54) is 13.2 Å². The zero-order valence-electron chi connectivity index (χ0n) is 16.4. The fraction of sp³-hybridized carbons (Fsp3) is 0.350. The molecule has 0 aromatic heterocycles. The summed E-state index contributed by atoms with van der Waals surface area (Å²) in [6.07, 6.45) is 0.796. The van der Waals surface area contributed by atoms with Gasteiger partial charge in [0.05, 0.1) is 13.7 Å². The number of aliphatic imine (C=N–C) groups is 1. The van der Waals surface area contributed by atoms with Gasteiger partial charge >= 0.3 is 6.61 Å². The highest BCUT2D eigenvalue weighted by Gasteiger charge is 2.11. The summed E-state index contributed by atoms with van der Waals surface area (Å²) in [6.45, 7) is -1.26. The summed E-state index contributed by atoms with van der Waals surface area (Å²) in [6, 6.07) is 14.5. The molecule has 0 fully saturated rings. The number of hydrogen-bond donors (Lipinski definition) is 2. The van der Waals surface area contributed by atoms with Crippen LogP contribution in [0.3, 0.4) is 0 Å². The highest BCUT2D eigenvalue weighted by Crippen LogP contribution is 2.29. The molecule has 9 heteroatoms. The molecule has 0 unspecified atom stereocenters. The second kappa shape index (κ2) is 13.8. The fourth-order valence-electron chi connectivity index (χ4n) is 2.41. The number of nitrogens with one attached hydrogen (secondary N) is 2. The van der Waals surface area contributed by atoms with Crippen molar-refractivity contribution in [2.45, 2.75) is 19.6 Å². The van der Waals surface area contributed by atoms with Crippen LogP contribution in [-0.2, 0) is 6.54 Å². The van der Waals surface area contributed by atoms with Crippen LogP contribution in [-0.4, -0.2) is 39.9 Å². The van der Waals surface area contributed by atoms with Crippen LogP contribution in [0.1, 0.15) is 12.0 Å². The van der Waals surface area contributed by atoms with Crippen LogP contribution in [0.2, 0.25) is 0 Å². The molecular weight excluding hydrogens is 495 g/mol. The van der Waals surface area contributed by atoms with Gasteiger partial charge in [-0.05, 0) is 36.2 Å². The lowest BCUT2D eigenvalue weighted by molar-refractivity contribution is -0.0512. The largest absolute Gasteiger partial charge is 0.494 e. The standard InChI is InChI=1S/C20H25F2N3O3.HI/c1-23-20(24-11-6-12-27-16-7-4-3-5-8-16)25-14-15-9-10-17(26-2)18(13-15)28-19(21)22;/h3-5,7-10,13,19H,6,11-12,14H2,1-2H3,(H2,23,24,25);1H. The van der Waals surface area contributed by atoms with Crippen LogP contribution >= 0.6 is 24.0 Å². The molecule has 29 heavy (non-hydrogen) atoms. The molecule has 6 nitrogen and oxygen atoms in total. The molecule has 0 aliphatic heterocycles. The van der Waals surface area contributed by atoms with Gasteiger partial charge < -0.3 is 24.8 Å². The Bertz CT molecular complexity index is 749. The van der Waals surface area contributed by atoms with Crippen molar-refractivity contribution in [3.8, 4) is 17.2 Å². The number of hydrogen-bond acceptors (Lipinski definition) is 4. The molecule has 2 aromatic rings. The van der Waals surface area contributed by atoms with Gasteiger partial charge in [-0.15, -0.1) is 24.0 Å². The van der Waals surface area contributed by atoms with E-state index in [4.69, 9.17) is 9.47 Å². The molecule has 2 N–H and O–H groups in total. The van der Waals surface area contributed by atoms with Gasteiger partial charge in [0.15, 0.2) is 17.5 Å². The average Bonchev–Trinajstić information content (AvgIpc) is 2.70. The van der Waals surface area contributed by atoms with Crippen molar-refractivity contribution in [3.63, 3.8) is 0 Å². The lowest BCUT2D eigenvalue weighted by Crippen LogP contribution is -2.37. The van der Waals surface area contributed by atoms with Gasteiger partial charge in [0.1, 0.15) is 5.75 Å². The van der Waals surface area contributed by atoms with E-state index in [0.29, 0.717) is 25.7 Å². The maximum absolute atomic E-state index is 12.5. The zero-order valence-corrected chi connectivity index (χ0v) is 18.7. The quantitative estimate of drug-likeness (QED) is 0.214. The predicted octanol–water partition coefficient (Wildman–Crippen LogP) is 4.05. The molecule has 0 amide bonds. The monoisotopic (exact) mass is 521 g/mol. The Kier molecular flexibility index (Phi) is 11.8. The third-order valence-electron chi connectivity index (χ3n) is 3.75. The average molecular weight is 521 g/mol. The number of alkyl halides is 2. The number of halogens is 3. The first kappa shape index (κ1) is 24.7. The third kappa shape index (κ3) is 9.16. The second-order valence-corrected chi connectivity index (χ2v) is 5.73. The van der Waals surface area contributed by atoms with Gasteiger partial charge in [-0.25, -0.2) is 0 Å². The van der Waals surface area contributed by atoms with Gasteiger partial charge in [0, 0.05) is 20.1 Å². The maximum atomic E-state index is 12.5. The van der Waals surface area contributed by atoms with Crippen molar-refractivity contribution in [3.05, 3.63) is 54.1 Å². The van der Waals surface area contributed by atoms with E-state index in [2.05, 4.69) is 20.4 Å². The van der Waals surface area contributed by atoms with Crippen LogP contribution < -0.4 is 24.8 Å². The van der Waals surface area contributed by atoms with E-state index >= 15 is 0 Å². The predicted molar refractivity (Wildman–Crippen MR) is 120 cm³/mol. The van der Waals surface area contributed by atoms with E-state index in [9.17, 15) is 8.78 Å². The zero-order chi connectivity index (χ0) is 20.2. The minimum absolute atomic E-state index is 0. The van der Waals surface area contributed by atoms with Gasteiger partial charge in [0.25, 0.3) is 0 Å². The van der Waals surface area contributed by atoms with Crippen molar-refractivity contribution >= 4 is 29.9 Å². The molecule has 0 bridgehead atoms. The Morgan fingerprint density at radius 1 is 1.07 bits per heavy atom. The normalized spacial score (nSPS) is 10.9. The molecule has 0 saturated carbocycles. The molecule has 2 aromatic carbocycles. The lowest BCUT2D eigenvalue weighted by Gasteiger charge is -2.14. The molecule has 0 saturated heterocycles. The van der Waals surface area contributed by atoms with E-state index in [1.807, 2.05) is 30.3 Å². The SMILES string of the molecule is CN=C(NCCCOc1ccccc1)NCc1ccc(OC)c(OC(F)F)c1.I.